The SMILES string of the molecule is O=C(C1=Cc2cc(C(F)(F)F)ccc2N2CCN=C12)c1ccccc1. The largest absolute Gasteiger partial charge is 0.416 e. The summed E-state index contributed by atoms with van der Waals surface area (Å²) < 4.78 is 39.1. The van der Waals surface area contributed by atoms with Crippen LogP contribution in [0, 0.1) is 0 Å². The number of hydrogen-bond acceptors (Lipinski definition) is 3. The van der Waals surface area contributed by atoms with Crippen molar-refractivity contribution in [2.45, 2.75) is 6.18 Å². The van der Waals surface area contributed by atoms with Crippen LogP contribution in [0.5, 0.6) is 0 Å². The maximum absolute atomic E-state index is 13.0. The van der Waals surface area contributed by atoms with Crippen molar-refractivity contribution < 1.29 is 18.0 Å². The number of fused-ring (bicyclic) bond motifs is 3. The Morgan fingerprint density at radius 2 is 1.84 bits per heavy atom. The standard InChI is InChI=1S/C19H13F3N2O/c20-19(21,22)14-6-7-16-13(10-14)11-15(18-23-8-9-24(16)18)17(25)12-4-2-1-3-5-12/h1-7,10-11H,8-9H2. The Hall–Kier alpha value is -2.89. The van der Waals surface area contributed by atoms with Crippen LogP contribution in [0.15, 0.2) is 59.1 Å². The zero-order valence-corrected chi connectivity index (χ0v) is 13.0. The third-order valence-electron chi connectivity index (χ3n) is 4.31. The maximum atomic E-state index is 13.0. The molecule has 0 amide bonds. The van der Waals surface area contributed by atoms with Crippen LogP contribution in [0.2, 0.25) is 0 Å². The van der Waals surface area contributed by atoms with E-state index in [0.717, 1.165) is 12.1 Å². The van der Waals surface area contributed by atoms with Gasteiger partial charge in [-0.2, -0.15) is 13.2 Å². The summed E-state index contributed by atoms with van der Waals surface area (Å²) in [5, 5.41) is 0. The predicted octanol–water partition coefficient (Wildman–Crippen LogP) is 4.20. The lowest BCUT2D eigenvalue weighted by Gasteiger charge is -2.28. The summed E-state index contributed by atoms with van der Waals surface area (Å²) in [6, 6.07) is 12.3. The molecule has 4 rings (SSSR count). The Morgan fingerprint density at radius 1 is 1.08 bits per heavy atom. The van der Waals surface area contributed by atoms with Gasteiger partial charge in [-0.3, -0.25) is 9.79 Å². The lowest BCUT2D eigenvalue weighted by Crippen LogP contribution is -2.34. The molecule has 0 fully saturated rings. The Morgan fingerprint density at radius 3 is 2.56 bits per heavy atom. The smallest absolute Gasteiger partial charge is 0.324 e. The Bertz CT molecular complexity index is 914. The van der Waals surface area contributed by atoms with Gasteiger partial charge >= 0.3 is 6.18 Å². The molecule has 126 valence electrons. The van der Waals surface area contributed by atoms with Crippen LogP contribution in [-0.2, 0) is 6.18 Å². The van der Waals surface area contributed by atoms with E-state index >= 15 is 0 Å². The molecule has 25 heavy (non-hydrogen) atoms. The number of benzene rings is 2. The first-order valence-corrected chi connectivity index (χ1v) is 7.80. The zero-order chi connectivity index (χ0) is 17.6. The van der Waals surface area contributed by atoms with Crippen molar-refractivity contribution in [3.63, 3.8) is 0 Å². The van der Waals surface area contributed by atoms with Crippen LogP contribution in [0.3, 0.4) is 0 Å². The Balaban J connectivity index is 1.85. The normalized spacial score (nSPS) is 16.0. The van der Waals surface area contributed by atoms with E-state index < -0.39 is 11.7 Å². The van der Waals surface area contributed by atoms with Gasteiger partial charge in [-0.15, -0.1) is 0 Å². The third-order valence-corrected chi connectivity index (χ3v) is 4.31. The minimum atomic E-state index is -4.42. The molecule has 2 aliphatic heterocycles. The molecule has 0 bridgehead atoms. The van der Waals surface area contributed by atoms with Gasteiger partial charge in [0, 0.05) is 17.8 Å². The number of carbonyl (C=O) groups excluding carboxylic acids is 1. The molecular formula is C19H13F3N2O. The van der Waals surface area contributed by atoms with Crippen LogP contribution >= 0.6 is 0 Å². The van der Waals surface area contributed by atoms with Crippen molar-refractivity contribution in [2.75, 3.05) is 18.0 Å². The molecule has 2 aromatic rings. The summed E-state index contributed by atoms with van der Waals surface area (Å²) in [6.45, 7) is 1.06. The van der Waals surface area contributed by atoms with Gasteiger partial charge in [-0.25, -0.2) is 0 Å². The fourth-order valence-electron chi connectivity index (χ4n) is 3.14. The number of ketones is 1. The minimum absolute atomic E-state index is 0.241. The average molecular weight is 342 g/mol. The molecule has 0 spiro atoms. The van der Waals surface area contributed by atoms with Gasteiger partial charge in [-0.05, 0) is 29.8 Å². The minimum Gasteiger partial charge on any atom is -0.324 e. The first-order chi connectivity index (χ1) is 11.9. The maximum Gasteiger partial charge on any atom is 0.416 e. The van der Waals surface area contributed by atoms with Crippen molar-refractivity contribution >= 4 is 23.4 Å². The number of rotatable bonds is 2. The second-order valence-electron chi connectivity index (χ2n) is 5.88. The molecule has 2 aliphatic rings. The van der Waals surface area contributed by atoms with Crippen molar-refractivity contribution in [3.8, 4) is 0 Å². The van der Waals surface area contributed by atoms with Gasteiger partial charge in [0.2, 0.25) is 0 Å². The molecule has 0 aliphatic carbocycles. The molecule has 2 aromatic carbocycles. The van der Waals surface area contributed by atoms with Gasteiger partial charge in [0.05, 0.1) is 17.7 Å². The second-order valence-corrected chi connectivity index (χ2v) is 5.88. The van der Waals surface area contributed by atoms with Crippen LogP contribution in [0.25, 0.3) is 6.08 Å². The third kappa shape index (κ3) is 2.63. The Kier molecular flexibility index (Phi) is 3.49. The average Bonchev–Trinajstić information content (AvgIpc) is 3.10. The van der Waals surface area contributed by atoms with E-state index in [1.54, 1.807) is 30.3 Å². The first kappa shape index (κ1) is 15.6. The highest BCUT2D eigenvalue weighted by Gasteiger charge is 2.35. The van der Waals surface area contributed by atoms with E-state index in [0.29, 0.717) is 41.3 Å². The molecular weight excluding hydrogens is 329 g/mol. The van der Waals surface area contributed by atoms with Crippen molar-refractivity contribution in [2.24, 2.45) is 4.99 Å². The van der Waals surface area contributed by atoms with Gasteiger partial charge in [-0.1, -0.05) is 30.3 Å². The highest BCUT2D eigenvalue weighted by molar-refractivity contribution is 6.35. The lowest BCUT2D eigenvalue weighted by molar-refractivity contribution is -0.137. The van der Waals surface area contributed by atoms with E-state index in [9.17, 15) is 18.0 Å². The summed E-state index contributed by atoms with van der Waals surface area (Å²) in [4.78, 5) is 19.0. The van der Waals surface area contributed by atoms with Gasteiger partial charge in [0.1, 0.15) is 5.84 Å². The molecule has 0 saturated carbocycles. The molecule has 0 saturated heterocycles. The van der Waals surface area contributed by atoms with Crippen molar-refractivity contribution in [3.05, 3.63) is 70.8 Å². The second kappa shape index (κ2) is 5.58. The van der Waals surface area contributed by atoms with E-state index in [1.807, 2.05) is 4.90 Å². The van der Waals surface area contributed by atoms with Gasteiger partial charge < -0.3 is 4.90 Å². The fourth-order valence-corrected chi connectivity index (χ4v) is 3.14. The molecule has 0 unspecified atom stereocenters. The number of halogens is 3. The summed E-state index contributed by atoms with van der Waals surface area (Å²) in [6.07, 6.45) is -2.91. The number of anilines is 1. The van der Waals surface area contributed by atoms with E-state index in [-0.39, 0.29) is 5.78 Å². The number of carbonyl (C=O) groups is 1. The van der Waals surface area contributed by atoms with E-state index in [4.69, 9.17) is 0 Å². The van der Waals surface area contributed by atoms with Gasteiger partial charge in [0.25, 0.3) is 0 Å². The predicted molar refractivity (Wildman–Crippen MR) is 89.8 cm³/mol. The van der Waals surface area contributed by atoms with Gasteiger partial charge in [0.15, 0.2) is 5.78 Å². The van der Waals surface area contributed by atoms with Crippen molar-refractivity contribution in [1.82, 2.24) is 0 Å². The zero-order valence-electron chi connectivity index (χ0n) is 13.0. The monoisotopic (exact) mass is 342 g/mol. The van der Waals surface area contributed by atoms with Crippen LogP contribution in [-0.4, -0.2) is 24.7 Å². The molecule has 6 heteroatoms. The highest BCUT2D eigenvalue weighted by atomic mass is 19.4. The topological polar surface area (TPSA) is 32.7 Å². The fraction of sp³-hybridized carbons (Fsp3) is 0.158. The summed E-state index contributed by atoms with van der Waals surface area (Å²) in [7, 11) is 0. The van der Waals surface area contributed by atoms with Crippen molar-refractivity contribution in [1.29, 1.82) is 0 Å². The highest BCUT2D eigenvalue weighted by Crippen LogP contribution is 2.38. The van der Waals surface area contributed by atoms with E-state index in [2.05, 4.69) is 4.99 Å². The summed E-state index contributed by atoms with van der Waals surface area (Å²) in [5.41, 5.74) is 1.12. The number of aliphatic imine (C=N–C) groups is 1. The quantitative estimate of drug-likeness (QED) is 0.766. The molecule has 2 heterocycles. The molecule has 0 N–H and O–H groups in total. The first-order valence-electron chi connectivity index (χ1n) is 7.80. The van der Waals surface area contributed by atoms with Crippen LogP contribution in [0.1, 0.15) is 21.5 Å². The number of hydrogen-bond donors (Lipinski definition) is 0. The lowest BCUT2D eigenvalue weighted by atomic mass is 9.94. The number of amidine groups is 1. The van der Waals surface area contributed by atoms with Crippen LogP contribution < -0.4 is 4.90 Å². The molecule has 0 radical (unpaired) electrons. The Labute approximate surface area is 142 Å². The summed E-state index contributed by atoms with van der Waals surface area (Å²) >= 11 is 0. The summed E-state index contributed by atoms with van der Waals surface area (Å²) in [5.74, 6) is 0.287. The number of nitrogens with zero attached hydrogens (tertiary/aromatic N) is 2. The van der Waals surface area contributed by atoms with E-state index in [1.165, 1.54) is 12.1 Å². The number of Topliss-reactive ketones (excluding diaryl/α,β-unsaturated/α-hetero) is 1. The van der Waals surface area contributed by atoms with Crippen LogP contribution in [0.4, 0.5) is 18.9 Å². The molecule has 0 atom stereocenters. The number of alkyl halides is 3. The molecule has 3 nitrogen and oxygen atoms in total. The molecule has 0 aromatic heterocycles.